The third-order valence-electron chi connectivity index (χ3n) is 2.71. The molecule has 9 nitrogen and oxygen atoms in total. The minimum atomic E-state index is -0.605. The van der Waals surface area contributed by atoms with Gasteiger partial charge in [0.1, 0.15) is 12.4 Å². The van der Waals surface area contributed by atoms with Crippen LogP contribution in [0, 0.1) is 10.1 Å². The van der Waals surface area contributed by atoms with Gasteiger partial charge in [-0.15, -0.1) is 0 Å². The predicted octanol–water partition coefficient (Wildman–Crippen LogP) is 0.782. The van der Waals surface area contributed by atoms with E-state index in [-0.39, 0.29) is 24.3 Å². The van der Waals surface area contributed by atoms with Crippen molar-refractivity contribution < 1.29 is 9.72 Å². The molecule has 1 amide bonds. The third-order valence-corrected chi connectivity index (χ3v) is 2.71. The second kappa shape index (κ2) is 5.95. The van der Waals surface area contributed by atoms with Crippen LogP contribution in [-0.2, 0) is 11.3 Å². The van der Waals surface area contributed by atoms with Crippen LogP contribution in [0.4, 0.5) is 5.82 Å². The maximum atomic E-state index is 11.9. The van der Waals surface area contributed by atoms with Crippen LogP contribution < -0.4 is 5.32 Å². The Hall–Kier alpha value is -2.71. The number of H-pyrrole nitrogens is 1. The first-order valence-corrected chi connectivity index (χ1v) is 6.06. The van der Waals surface area contributed by atoms with E-state index < -0.39 is 4.92 Å². The summed E-state index contributed by atoms with van der Waals surface area (Å²) >= 11 is 0. The number of nitrogens with zero attached hydrogens (tertiary/aromatic N) is 4. The zero-order valence-electron chi connectivity index (χ0n) is 10.8. The number of nitrogens with one attached hydrogen (secondary N) is 2. The molecule has 2 N–H and O–H groups in total. The van der Waals surface area contributed by atoms with Crippen LogP contribution in [0.3, 0.4) is 0 Å². The summed E-state index contributed by atoms with van der Waals surface area (Å²) in [5.74, 6) is 0.106. The number of carbonyl (C=O) groups is 1. The Morgan fingerprint density at radius 1 is 1.65 bits per heavy atom. The molecule has 1 unspecified atom stereocenters. The molecule has 2 heterocycles. The molecule has 0 saturated carbocycles. The molecule has 9 heteroatoms. The highest BCUT2D eigenvalue weighted by Gasteiger charge is 2.17. The van der Waals surface area contributed by atoms with Crippen molar-refractivity contribution in [3.63, 3.8) is 0 Å². The Labute approximate surface area is 114 Å². The van der Waals surface area contributed by atoms with Gasteiger partial charge in [0, 0.05) is 12.4 Å². The summed E-state index contributed by atoms with van der Waals surface area (Å²) in [5, 5.41) is 17.0. The smallest absolute Gasteiger partial charge is 0.358 e. The molecule has 0 fully saturated rings. The highest BCUT2D eigenvalue weighted by molar-refractivity contribution is 5.76. The van der Waals surface area contributed by atoms with E-state index in [9.17, 15) is 14.9 Å². The number of amides is 1. The summed E-state index contributed by atoms with van der Waals surface area (Å²) in [6, 6.07) is 1.03. The largest absolute Gasteiger partial charge is 0.389 e. The average molecular weight is 278 g/mol. The minimum absolute atomic E-state index is 0.0783. The third kappa shape index (κ3) is 3.19. The van der Waals surface area contributed by atoms with Crippen LogP contribution in [0.25, 0.3) is 0 Å². The zero-order valence-corrected chi connectivity index (χ0v) is 10.8. The van der Waals surface area contributed by atoms with Crippen molar-refractivity contribution in [2.24, 2.45) is 0 Å². The van der Waals surface area contributed by atoms with Gasteiger partial charge in [-0.2, -0.15) is 4.68 Å². The Morgan fingerprint density at radius 3 is 3.00 bits per heavy atom. The lowest BCUT2D eigenvalue weighted by molar-refractivity contribution is -0.389. The Balaban J connectivity index is 1.95. The number of hydrogen-bond acceptors (Lipinski definition) is 5. The highest BCUT2D eigenvalue weighted by Crippen LogP contribution is 2.11. The molecule has 0 bridgehead atoms. The lowest BCUT2D eigenvalue weighted by atomic mass is 10.2. The normalized spacial score (nSPS) is 12.1. The van der Waals surface area contributed by atoms with E-state index in [0.29, 0.717) is 12.2 Å². The molecule has 0 spiro atoms. The van der Waals surface area contributed by atoms with Gasteiger partial charge >= 0.3 is 5.82 Å². The maximum absolute atomic E-state index is 11.9. The summed E-state index contributed by atoms with van der Waals surface area (Å²) in [6.45, 7) is 1.84. The van der Waals surface area contributed by atoms with E-state index in [1.165, 1.54) is 16.9 Å². The molecule has 0 saturated heterocycles. The van der Waals surface area contributed by atoms with Crippen molar-refractivity contribution in [1.29, 1.82) is 0 Å². The van der Waals surface area contributed by atoms with Gasteiger partial charge in [-0.3, -0.25) is 4.79 Å². The molecule has 2 aromatic heterocycles. The highest BCUT2D eigenvalue weighted by atomic mass is 16.6. The molecular weight excluding hydrogens is 264 g/mol. The van der Waals surface area contributed by atoms with Crippen molar-refractivity contribution in [2.45, 2.75) is 25.9 Å². The molecule has 106 valence electrons. The van der Waals surface area contributed by atoms with Gasteiger partial charge in [-0.25, -0.2) is 4.98 Å². The van der Waals surface area contributed by atoms with E-state index >= 15 is 0 Å². The number of imidazole rings is 1. The first-order chi connectivity index (χ1) is 9.60. The molecule has 1 atom stereocenters. The monoisotopic (exact) mass is 278 g/mol. The summed E-state index contributed by atoms with van der Waals surface area (Å²) in [7, 11) is 0. The van der Waals surface area contributed by atoms with Crippen LogP contribution in [0.1, 0.15) is 25.2 Å². The first kappa shape index (κ1) is 13.7. The number of rotatable bonds is 6. The molecular formula is C11H14N6O3. The summed E-state index contributed by atoms with van der Waals surface area (Å²) in [6.07, 6.45) is 5.37. The molecule has 0 aliphatic rings. The topological polar surface area (TPSA) is 119 Å². The summed E-state index contributed by atoms with van der Waals surface area (Å²) in [4.78, 5) is 28.8. The van der Waals surface area contributed by atoms with Crippen LogP contribution in [0.15, 0.2) is 24.7 Å². The predicted molar refractivity (Wildman–Crippen MR) is 68.6 cm³/mol. The van der Waals surface area contributed by atoms with Crippen molar-refractivity contribution in [2.75, 3.05) is 0 Å². The Morgan fingerprint density at radius 2 is 2.45 bits per heavy atom. The second-order valence-corrected chi connectivity index (χ2v) is 4.13. The van der Waals surface area contributed by atoms with E-state index in [2.05, 4.69) is 20.4 Å². The van der Waals surface area contributed by atoms with E-state index in [0.717, 1.165) is 0 Å². The van der Waals surface area contributed by atoms with Gasteiger partial charge in [0.15, 0.2) is 0 Å². The standard InChI is InChI=1S/C11H14N6O3/c1-2-8(11-12-4-5-13-11)14-10(18)7-16-6-3-9(15-16)17(19)20/h3-6,8H,2,7H2,1H3,(H,12,13)(H,14,18). The number of aromatic nitrogens is 4. The summed E-state index contributed by atoms with van der Waals surface area (Å²) < 4.78 is 1.22. The lowest BCUT2D eigenvalue weighted by Crippen LogP contribution is -2.32. The zero-order chi connectivity index (χ0) is 14.5. The minimum Gasteiger partial charge on any atom is -0.358 e. The fourth-order valence-electron chi connectivity index (χ4n) is 1.76. The Bertz CT molecular complexity index is 591. The van der Waals surface area contributed by atoms with Gasteiger partial charge in [0.05, 0.1) is 23.4 Å². The SMILES string of the molecule is CCC(NC(=O)Cn1ccc([N+](=O)[O-])n1)c1ncc[nH]1. The van der Waals surface area contributed by atoms with Gasteiger partial charge in [0.25, 0.3) is 0 Å². The van der Waals surface area contributed by atoms with Crippen molar-refractivity contribution >= 4 is 11.7 Å². The average Bonchev–Trinajstić information content (AvgIpc) is 3.06. The first-order valence-electron chi connectivity index (χ1n) is 6.06. The Kier molecular flexibility index (Phi) is 4.08. The summed E-state index contributed by atoms with van der Waals surface area (Å²) in [5.41, 5.74) is 0. The van der Waals surface area contributed by atoms with Gasteiger partial charge < -0.3 is 20.4 Å². The molecule has 0 aromatic carbocycles. The van der Waals surface area contributed by atoms with Crippen molar-refractivity contribution in [3.05, 3.63) is 40.6 Å². The molecule has 0 aliphatic carbocycles. The molecule has 2 aromatic rings. The van der Waals surface area contributed by atoms with Crippen LogP contribution in [-0.4, -0.2) is 30.6 Å². The molecule has 0 radical (unpaired) electrons. The van der Waals surface area contributed by atoms with Crippen LogP contribution in [0.5, 0.6) is 0 Å². The van der Waals surface area contributed by atoms with Crippen LogP contribution in [0.2, 0.25) is 0 Å². The number of nitro groups is 1. The number of carbonyl (C=O) groups excluding carboxylic acids is 1. The van der Waals surface area contributed by atoms with Crippen LogP contribution >= 0.6 is 0 Å². The van der Waals surface area contributed by atoms with Gasteiger partial charge in [-0.1, -0.05) is 6.92 Å². The molecule has 2 rings (SSSR count). The quantitative estimate of drug-likeness (QED) is 0.598. The van der Waals surface area contributed by atoms with E-state index in [4.69, 9.17) is 0 Å². The fraction of sp³-hybridized carbons (Fsp3) is 0.364. The maximum Gasteiger partial charge on any atom is 0.389 e. The molecule has 20 heavy (non-hydrogen) atoms. The number of hydrogen-bond donors (Lipinski definition) is 2. The van der Waals surface area contributed by atoms with Gasteiger partial charge in [0.2, 0.25) is 5.91 Å². The van der Waals surface area contributed by atoms with Gasteiger partial charge in [-0.05, 0) is 11.3 Å². The van der Waals surface area contributed by atoms with E-state index in [1.807, 2.05) is 6.92 Å². The van der Waals surface area contributed by atoms with Crippen molar-refractivity contribution in [3.8, 4) is 0 Å². The molecule has 0 aliphatic heterocycles. The number of aromatic amines is 1. The lowest BCUT2D eigenvalue weighted by Gasteiger charge is -2.13. The fourth-order valence-corrected chi connectivity index (χ4v) is 1.76. The second-order valence-electron chi connectivity index (χ2n) is 4.13. The van der Waals surface area contributed by atoms with Crippen molar-refractivity contribution in [1.82, 2.24) is 25.1 Å². The van der Waals surface area contributed by atoms with E-state index in [1.54, 1.807) is 12.4 Å².